The van der Waals surface area contributed by atoms with Gasteiger partial charge in [-0.15, -0.1) is 0 Å². The van der Waals surface area contributed by atoms with Crippen LogP contribution in [0.2, 0.25) is 0 Å². The number of rotatable bonds is 17. The molecule has 1 unspecified atom stereocenters. The number of carbonyl (C=O) groups excluding carboxylic acids is 2. The number of hydrogen-bond acceptors (Lipinski definition) is 3. The summed E-state index contributed by atoms with van der Waals surface area (Å²) in [5, 5.41) is 0. The van der Waals surface area contributed by atoms with Crippen molar-refractivity contribution in [3.8, 4) is 0 Å². The summed E-state index contributed by atoms with van der Waals surface area (Å²) in [5.74, 6) is 0.524. The molecule has 0 amide bonds. The van der Waals surface area contributed by atoms with Crippen LogP contribution in [0.5, 0.6) is 0 Å². The van der Waals surface area contributed by atoms with Crippen molar-refractivity contribution in [3.63, 3.8) is 0 Å². The highest BCUT2D eigenvalue weighted by molar-refractivity contribution is 5.69. The van der Waals surface area contributed by atoms with Crippen LogP contribution in [0.15, 0.2) is 0 Å². The molecule has 0 saturated carbocycles. The van der Waals surface area contributed by atoms with Crippen LogP contribution >= 0.6 is 0 Å². The maximum atomic E-state index is 11.8. The van der Waals surface area contributed by atoms with Gasteiger partial charge in [-0.2, -0.15) is 0 Å². The molecule has 0 aliphatic rings. The molecule has 0 aliphatic carbocycles. The van der Waals surface area contributed by atoms with Crippen LogP contribution in [0.1, 0.15) is 104 Å². The van der Waals surface area contributed by atoms with E-state index >= 15 is 0 Å². The van der Waals surface area contributed by atoms with Gasteiger partial charge in [-0.25, -0.2) is 0 Å². The molecule has 136 valence electrons. The minimum atomic E-state index is -0.0254. The summed E-state index contributed by atoms with van der Waals surface area (Å²) in [4.78, 5) is 22.0. The van der Waals surface area contributed by atoms with E-state index in [1.807, 2.05) is 0 Å². The molecule has 0 bridgehead atoms. The van der Waals surface area contributed by atoms with Gasteiger partial charge in [-0.1, -0.05) is 65.2 Å². The number of aldehydes is 1. The third-order valence-electron chi connectivity index (χ3n) is 4.35. The Morgan fingerprint density at radius 1 is 0.870 bits per heavy atom. The van der Waals surface area contributed by atoms with E-state index in [-0.39, 0.29) is 5.97 Å². The van der Waals surface area contributed by atoms with Gasteiger partial charge in [0, 0.05) is 12.8 Å². The second-order valence-electron chi connectivity index (χ2n) is 6.66. The molecular weight excluding hydrogens is 288 g/mol. The van der Waals surface area contributed by atoms with Gasteiger partial charge in [0.25, 0.3) is 0 Å². The highest BCUT2D eigenvalue weighted by atomic mass is 16.5. The summed E-state index contributed by atoms with van der Waals surface area (Å²) in [5.41, 5.74) is 0. The average molecular weight is 327 g/mol. The fourth-order valence-electron chi connectivity index (χ4n) is 2.89. The Morgan fingerprint density at radius 3 is 2.22 bits per heavy atom. The van der Waals surface area contributed by atoms with Gasteiger partial charge in [0.05, 0.1) is 6.61 Å². The van der Waals surface area contributed by atoms with Gasteiger partial charge < -0.3 is 9.53 Å². The lowest BCUT2D eigenvalue weighted by molar-refractivity contribution is -0.145. The first-order valence-electron chi connectivity index (χ1n) is 9.83. The van der Waals surface area contributed by atoms with Crippen molar-refractivity contribution in [2.45, 2.75) is 104 Å². The molecule has 0 fully saturated rings. The molecule has 0 aromatic heterocycles. The van der Waals surface area contributed by atoms with Crippen molar-refractivity contribution in [1.29, 1.82) is 0 Å². The SMILES string of the molecule is CCCCCC(CCC)COC(=O)CCCCCCCCC=O. The molecule has 0 rings (SSSR count). The van der Waals surface area contributed by atoms with Crippen molar-refractivity contribution in [2.75, 3.05) is 6.61 Å². The van der Waals surface area contributed by atoms with Crippen LogP contribution in [-0.4, -0.2) is 18.9 Å². The van der Waals surface area contributed by atoms with Crippen molar-refractivity contribution >= 4 is 12.3 Å². The van der Waals surface area contributed by atoms with E-state index < -0.39 is 0 Å². The molecular formula is C20H38O3. The summed E-state index contributed by atoms with van der Waals surface area (Å²) in [6, 6.07) is 0. The summed E-state index contributed by atoms with van der Waals surface area (Å²) < 4.78 is 5.47. The number of hydrogen-bond donors (Lipinski definition) is 0. The Balaban J connectivity index is 3.56. The molecule has 0 spiro atoms. The van der Waals surface area contributed by atoms with E-state index in [0.29, 0.717) is 25.4 Å². The first kappa shape index (κ1) is 22.1. The van der Waals surface area contributed by atoms with Crippen molar-refractivity contribution in [3.05, 3.63) is 0 Å². The summed E-state index contributed by atoms with van der Waals surface area (Å²) >= 11 is 0. The fraction of sp³-hybridized carbons (Fsp3) is 0.900. The minimum Gasteiger partial charge on any atom is -0.465 e. The number of unbranched alkanes of at least 4 members (excludes halogenated alkanes) is 8. The molecule has 0 heterocycles. The largest absolute Gasteiger partial charge is 0.465 e. The number of esters is 1. The Kier molecular flexibility index (Phi) is 16.8. The molecule has 3 nitrogen and oxygen atoms in total. The molecule has 0 N–H and O–H groups in total. The zero-order valence-electron chi connectivity index (χ0n) is 15.5. The van der Waals surface area contributed by atoms with Crippen LogP contribution in [0.4, 0.5) is 0 Å². The quantitative estimate of drug-likeness (QED) is 0.191. The Hall–Kier alpha value is -0.860. The van der Waals surface area contributed by atoms with E-state index in [2.05, 4.69) is 13.8 Å². The van der Waals surface area contributed by atoms with Crippen molar-refractivity contribution in [2.24, 2.45) is 5.92 Å². The lowest BCUT2D eigenvalue weighted by atomic mass is 9.97. The third kappa shape index (κ3) is 15.8. The second kappa shape index (κ2) is 17.5. The fourth-order valence-corrected chi connectivity index (χ4v) is 2.89. The highest BCUT2D eigenvalue weighted by Gasteiger charge is 2.11. The van der Waals surface area contributed by atoms with Gasteiger partial charge in [0.1, 0.15) is 6.29 Å². The molecule has 23 heavy (non-hydrogen) atoms. The highest BCUT2D eigenvalue weighted by Crippen LogP contribution is 2.17. The Bertz CT molecular complexity index is 276. The van der Waals surface area contributed by atoms with Gasteiger partial charge >= 0.3 is 5.97 Å². The Labute approximate surface area is 143 Å². The number of ether oxygens (including phenoxy) is 1. The molecule has 0 aromatic rings. The molecule has 3 heteroatoms. The topological polar surface area (TPSA) is 43.4 Å². The zero-order valence-corrected chi connectivity index (χ0v) is 15.5. The molecule has 0 saturated heterocycles. The lowest BCUT2D eigenvalue weighted by Crippen LogP contribution is -2.14. The summed E-state index contributed by atoms with van der Waals surface area (Å²) in [7, 11) is 0. The maximum Gasteiger partial charge on any atom is 0.305 e. The third-order valence-corrected chi connectivity index (χ3v) is 4.35. The van der Waals surface area contributed by atoms with Crippen molar-refractivity contribution in [1.82, 2.24) is 0 Å². The minimum absolute atomic E-state index is 0.0254. The lowest BCUT2D eigenvalue weighted by Gasteiger charge is -2.16. The van der Waals surface area contributed by atoms with Crippen molar-refractivity contribution < 1.29 is 14.3 Å². The summed E-state index contributed by atoms with van der Waals surface area (Å²) in [6.45, 7) is 5.03. The molecule has 0 aromatic carbocycles. The molecule has 0 radical (unpaired) electrons. The normalized spacial score (nSPS) is 12.1. The van der Waals surface area contributed by atoms with Gasteiger partial charge in [0.2, 0.25) is 0 Å². The van der Waals surface area contributed by atoms with E-state index in [9.17, 15) is 9.59 Å². The predicted octanol–water partition coefficient (Wildman–Crippen LogP) is 5.85. The van der Waals surface area contributed by atoms with E-state index in [0.717, 1.165) is 44.8 Å². The van der Waals surface area contributed by atoms with Gasteiger partial charge in [-0.3, -0.25) is 4.79 Å². The van der Waals surface area contributed by atoms with Crippen LogP contribution in [0.25, 0.3) is 0 Å². The van der Waals surface area contributed by atoms with E-state index in [4.69, 9.17) is 4.74 Å². The van der Waals surface area contributed by atoms with Gasteiger partial charge in [-0.05, 0) is 31.6 Å². The van der Waals surface area contributed by atoms with E-state index in [1.165, 1.54) is 38.5 Å². The van der Waals surface area contributed by atoms with Gasteiger partial charge in [0.15, 0.2) is 0 Å². The molecule has 0 aliphatic heterocycles. The second-order valence-corrected chi connectivity index (χ2v) is 6.66. The van der Waals surface area contributed by atoms with Crippen LogP contribution in [0, 0.1) is 5.92 Å². The monoisotopic (exact) mass is 326 g/mol. The zero-order chi connectivity index (χ0) is 17.2. The standard InChI is InChI=1S/C20H38O3/c1-3-5-11-15-19(14-4-2)18-23-20(22)16-12-9-7-6-8-10-13-17-21/h17,19H,3-16,18H2,1-2H3. The summed E-state index contributed by atoms with van der Waals surface area (Å²) in [6.07, 6.45) is 16.0. The smallest absolute Gasteiger partial charge is 0.305 e. The maximum absolute atomic E-state index is 11.8. The number of carbonyl (C=O) groups is 2. The predicted molar refractivity (Wildman–Crippen MR) is 96.5 cm³/mol. The first-order valence-corrected chi connectivity index (χ1v) is 9.83. The Morgan fingerprint density at radius 2 is 1.57 bits per heavy atom. The van der Waals surface area contributed by atoms with E-state index in [1.54, 1.807) is 0 Å². The first-order chi connectivity index (χ1) is 11.2. The van der Waals surface area contributed by atoms with Crippen LogP contribution in [0.3, 0.4) is 0 Å². The van der Waals surface area contributed by atoms with Crippen LogP contribution in [-0.2, 0) is 14.3 Å². The molecule has 1 atom stereocenters. The van der Waals surface area contributed by atoms with Crippen LogP contribution < -0.4 is 0 Å². The average Bonchev–Trinajstić information content (AvgIpc) is 2.55.